The van der Waals surface area contributed by atoms with Crippen LogP contribution in [0.15, 0.2) is 16.6 Å². The van der Waals surface area contributed by atoms with Gasteiger partial charge in [0.05, 0.1) is 5.56 Å². The SMILES string of the molecule is CC(=O)c1c(Br)ccc(C(F)(F)F)c1C=O. The van der Waals surface area contributed by atoms with Gasteiger partial charge < -0.3 is 0 Å². The van der Waals surface area contributed by atoms with E-state index >= 15 is 0 Å². The first-order chi connectivity index (χ1) is 7.29. The molecule has 2 nitrogen and oxygen atoms in total. The lowest BCUT2D eigenvalue weighted by atomic mass is 9.99. The van der Waals surface area contributed by atoms with E-state index in [1.54, 1.807) is 0 Å². The van der Waals surface area contributed by atoms with E-state index in [4.69, 9.17) is 0 Å². The van der Waals surface area contributed by atoms with Crippen molar-refractivity contribution >= 4 is 28.0 Å². The molecule has 0 spiro atoms. The predicted octanol–water partition coefficient (Wildman–Crippen LogP) is 3.48. The summed E-state index contributed by atoms with van der Waals surface area (Å²) in [6.45, 7) is 1.10. The standard InChI is InChI=1S/C10H6BrF3O2/c1-5(16)9-6(4-15)7(10(12,13)14)2-3-8(9)11/h2-4H,1H3. The molecule has 1 rings (SSSR count). The van der Waals surface area contributed by atoms with Crippen molar-refractivity contribution in [2.75, 3.05) is 0 Å². The molecule has 0 unspecified atom stereocenters. The quantitative estimate of drug-likeness (QED) is 0.618. The fourth-order valence-electron chi connectivity index (χ4n) is 1.32. The number of carbonyl (C=O) groups is 2. The first kappa shape index (κ1) is 12.9. The van der Waals surface area contributed by atoms with E-state index < -0.39 is 23.1 Å². The van der Waals surface area contributed by atoms with Gasteiger partial charge in [0.15, 0.2) is 12.1 Å². The third-order valence-corrected chi connectivity index (χ3v) is 2.63. The Kier molecular flexibility index (Phi) is 3.52. The third kappa shape index (κ3) is 2.32. The first-order valence-electron chi connectivity index (χ1n) is 4.15. The summed E-state index contributed by atoms with van der Waals surface area (Å²) < 4.78 is 37.8. The Balaban J connectivity index is 3.62. The summed E-state index contributed by atoms with van der Waals surface area (Å²) in [6.07, 6.45) is -4.61. The van der Waals surface area contributed by atoms with E-state index in [9.17, 15) is 22.8 Å². The number of Topliss-reactive ketones (excluding diaryl/α,β-unsaturated/α-hetero) is 1. The van der Waals surface area contributed by atoms with Crippen LogP contribution < -0.4 is 0 Å². The molecule has 0 fully saturated rings. The second-order valence-corrected chi connectivity index (χ2v) is 3.91. The summed E-state index contributed by atoms with van der Waals surface area (Å²) in [6, 6.07) is 1.87. The van der Waals surface area contributed by atoms with Crippen molar-refractivity contribution in [2.24, 2.45) is 0 Å². The number of halogens is 4. The Labute approximate surface area is 97.6 Å². The van der Waals surface area contributed by atoms with Crippen LogP contribution >= 0.6 is 15.9 Å². The minimum Gasteiger partial charge on any atom is -0.298 e. The Morgan fingerprint density at radius 3 is 2.31 bits per heavy atom. The van der Waals surface area contributed by atoms with Crippen molar-refractivity contribution in [3.8, 4) is 0 Å². The molecule has 0 radical (unpaired) electrons. The van der Waals surface area contributed by atoms with Gasteiger partial charge in [-0.25, -0.2) is 0 Å². The van der Waals surface area contributed by atoms with Crippen LogP contribution in [0.3, 0.4) is 0 Å². The number of hydrogen-bond acceptors (Lipinski definition) is 2. The third-order valence-electron chi connectivity index (χ3n) is 1.97. The molecule has 0 atom stereocenters. The van der Waals surface area contributed by atoms with Crippen molar-refractivity contribution in [1.29, 1.82) is 0 Å². The van der Waals surface area contributed by atoms with Gasteiger partial charge in [-0.15, -0.1) is 0 Å². The van der Waals surface area contributed by atoms with Crippen molar-refractivity contribution in [3.05, 3.63) is 33.3 Å². The highest BCUT2D eigenvalue weighted by atomic mass is 79.9. The van der Waals surface area contributed by atoms with E-state index in [-0.39, 0.29) is 16.3 Å². The molecule has 1 aromatic carbocycles. The summed E-state index contributed by atoms with van der Waals surface area (Å²) in [5, 5.41) is 0. The van der Waals surface area contributed by atoms with Crippen molar-refractivity contribution in [3.63, 3.8) is 0 Å². The highest BCUT2D eigenvalue weighted by Crippen LogP contribution is 2.35. The average Bonchev–Trinajstić information content (AvgIpc) is 2.14. The topological polar surface area (TPSA) is 34.1 Å². The lowest BCUT2D eigenvalue weighted by molar-refractivity contribution is -0.137. The Bertz CT molecular complexity index is 452. The Hall–Kier alpha value is -1.17. The van der Waals surface area contributed by atoms with E-state index in [1.165, 1.54) is 0 Å². The summed E-state index contributed by atoms with van der Waals surface area (Å²) in [4.78, 5) is 21.8. The largest absolute Gasteiger partial charge is 0.417 e. The Morgan fingerprint density at radius 2 is 1.94 bits per heavy atom. The fraction of sp³-hybridized carbons (Fsp3) is 0.200. The maximum Gasteiger partial charge on any atom is 0.417 e. The maximum absolute atomic E-state index is 12.5. The number of alkyl halides is 3. The van der Waals surface area contributed by atoms with Crippen LogP contribution in [0, 0.1) is 0 Å². The number of aldehydes is 1. The normalized spacial score (nSPS) is 11.3. The minimum absolute atomic E-state index is 0.0459. The van der Waals surface area contributed by atoms with Gasteiger partial charge in [-0.2, -0.15) is 13.2 Å². The van der Waals surface area contributed by atoms with Gasteiger partial charge in [0.1, 0.15) is 0 Å². The van der Waals surface area contributed by atoms with Crippen molar-refractivity contribution in [1.82, 2.24) is 0 Å². The van der Waals surface area contributed by atoms with Gasteiger partial charge in [-0.1, -0.05) is 15.9 Å². The molecular formula is C10H6BrF3O2. The van der Waals surface area contributed by atoms with Gasteiger partial charge in [0.2, 0.25) is 0 Å². The molecule has 16 heavy (non-hydrogen) atoms. The highest BCUT2D eigenvalue weighted by molar-refractivity contribution is 9.10. The molecule has 0 N–H and O–H groups in total. The van der Waals surface area contributed by atoms with Crippen LogP contribution in [-0.2, 0) is 6.18 Å². The maximum atomic E-state index is 12.5. The zero-order chi connectivity index (χ0) is 12.5. The summed E-state index contributed by atoms with van der Waals surface area (Å²) >= 11 is 2.94. The average molecular weight is 295 g/mol. The summed E-state index contributed by atoms with van der Waals surface area (Å²) in [5.74, 6) is -0.597. The number of rotatable bonds is 2. The highest BCUT2D eigenvalue weighted by Gasteiger charge is 2.35. The number of carbonyl (C=O) groups excluding carboxylic acids is 2. The van der Waals surface area contributed by atoms with Gasteiger partial charge >= 0.3 is 6.18 Å². The van der Waals surface area contributed by atoms with Crippen LogP contribution in [0.5, 0.6) is 0 Å². The first-order valence-corrected chi connectivity index (χ1v) is 4.94. The van der Waals surface area contributed by atoms with E-state index in [2.05, 4.69) is 15.9 Å². The fourth-order valence-corrected chi connectivity index (χ4v) is 1.95. The molecule has 0 aromatic heterocycles. The molecule has 0 aliphatic carbocycles. The zero-order valence-electron chi connectivity index (χ0n) is 8.06. The second-order valence-electron chi connectivity index (χ2n) is 3.06. The van der Waals surface area contributed by atoms with Crippen molar-refractivity contribution in [2.45, 2.75) is 13.1 Å². The lowest BCUT2D eigenvalue weighted by Gasteiger charge is -2.12. The predicted molar refractivity (Wildman–Crippen MR) is 54.5 cm³/mol. The minimum atomic E-state index is -4.65. The van der Waals surface area contributed by atoms with Crippen LogP contribution in [0.2, 0.25) is 0 Å². The van der Waals surface area contributed by atoms with Gasteiger partial charge in [0.25, 0.3) is 0 Å². The molecule has 0 bridgehead atoms. The zero-order valence-corrected chi connectivity index (χ0v) is 9.65. The molecule has 0 aliphatic heterocycles. The van der Waals surface area contributed by atoms with E-state index in [0.717, 1.165) is 19.1 Å². The summed E-state index contributed by atoms with van der Waals surface area (Å²) in [7, 11) is 0. The van der Waals surface area contributed by atoms with Gasteiger partial charge in [-0.05, 0) is 19.1 Å². The van der Waals surface area contributed by atoms with Crippen LogP contribution in [0.4, 0.5) is 13.2 Å². The molecule has 6 heteroatoms. The van der Waals surface area contributed by atoms with Gasteiger partial charge in [-0.3, -0.25) is 9.59 Å². The Morgan fingerprint density at radius 1 is 1.38 bits per heavy atom. The molecule has 0 aliphatic rings. The molecule has 0 saturated carbocycles. The van der Waals surface area contributed by atoms with Crippen LogP contribution in [-0.4, -0.2) is 12.1 Å². The molecule has 0 amide bonds. The van der Waals surface area contributed by atoms with E-state index in [1.807, 2.05) is 0 Å². The summed E-state index contributed by atoms with van der Waals surface area (Å²) in [5.41, 5.74) is -1.98. The van der Waals surface area contributed by atoms with Crippen LogP contribution in [0.1, 0.15) is 33.2 Å². The van der Waals surface area contributed by atoms with Crippen molar-refractivity contribution < 1.29 is 22.8 Å². The molecular weight excluding hydrogens is 289 g/mol. The number of benzene rings is 1. The molecule has 0 heterocycles. The monoisotopic (exact) mass is 294 g/mol. The smallest absolute Gasteiger partial charge is 0.298 e. The van der Waals surface area contributed by atoms with Gasteiger partial charge in [0, 0.05) is 15.6 Å². The lowest BCUT2D eigenvalue weighted by Crippen LogP contribution is -2.13. The number of ketones is 1. The van der Waals surface area contributed by atoms with E-state index in [0.29, 0.717) is 0 Å². The number of hydrogen-bond donors (Lipinski definition) is 0. The second kappa shape index (κ2) is 4.37. The molecule has 0 saturated heterocycles. The molecule has 1 aromatic rings. The van der Waals surface area contributed by atoms with Crippen LogP contribution in [0.25, 0.3) is 0 Å². The molecule has 86 valence electrons.